The van der Waals surface area contributed by atoms with Crippen LogP contribution in [0, 0.1) is 11.6 Å². The van der Waals surface area contributed by atoms with Gasteiger partial charge < -0.3 is 10.6 Å². The molecular formula is C13H14BrClF2N2O. The van der Waals surface area contributed by atoms with Gasteiger partial charge >= 0.3 is 0 Å². The van der Waals surface area contributed by atoms with Gasteiger partial charge in [0.1, 0.15) is 17.2 Å². The van der Waals surface area contributed by atoms with E-state index in [1.165, 1.54) is 0 Å². The molecule has 2 N–H and O–H groups in total. The number of carbonyl (C=O) groups is 1. The molecule has 1 amide bonds. The van der Waals surface area contributed by atoms with Crippen molar-refractivity contribution in [3.8, 4) is 0 Å². The zero-order valence-electron chi connectivity index (χ0n) is 10.5. The van der Waals surface area contributed by atoms with Gasteiger partial charge in [-0.3, -0.25) is 4.79 Å². The smallest absolute Gasteiger partial charge is 0.257 e. The van der Waals surface area contributed by atoms with Crippen molar-refractivity contribution in [3.05, 3.63) is 45.5 Å². The number of amides is 1. The average Bonchev–Trinajstić information content (AvgIpc) is 2.36. The molecule has 0 radical (unpaired) electrons. The maximum atomic E-state index is 13.6. The first-order valence-electron chi connectivity index (χ1n) is 5.89. The third-order valence-electron chi connectivity index (χ3n) is 2.87. The number of nitrogens with one attached hydrogen (secondary N) is 2. The average molecular weight is 368 g/mol. The number of rotatable bonds is 3. The van der Waals surface area contributed by atoms with Gasteiger partial charge in [0, 0.05) is 17.6 Å². The van der Waals surface area contributed by atoms with Crippen LogP contribution in [0.3, 0.4) is 0 Å². The molecular weight excluding hydrogens is 354 g/mol. The fourth-order valence-electron chi connectivity index (χ4n) is 1.87. The first-order chi connectivity index (χ1) is 9.08. The Kier molecular flexibility index (Phi) is 6.58. The SMILES string of the molecule is Cl.O=C(NCC1=CCNCC1)c1c(F)cc(Br)cc1F. The van der Waals surface area contributed by atoms with Crippen LogP contribution in [-0.4, -0.2) is 25.5 Å². The van der Waals surface area contributed by atoms with Crippen LogP contribution in [0.5, 0.6) is 0 Å². The van der Waals surface area contributed by atoms with Crippen molar-refractivity contribution in [3.63, 3.8) is 0 Å². The van der Waals surface area contributed by atoms with Crippen LogP contribution < -0.4 is 10.6 Å². The monoisotopic (exact) mass is 366 g/mol. The lowest BCUT2D eigenvalue weighted by Crippen LogP contribution is -2.30. The highest BCUT2D eigenvalue weighted by Gasteiger charge is 2.18. The summed E-state index contributed by atoms with van der Waals surface area (Å²) in [7, 11) is 0. The van der Waals surface area contributed by atoms with E-state index in [1.54, 1.807) is 0 Å². The molecule has 0 spiro atoms. The fraction of sp³-hybridized carbons (Fsp3) is 0.308. The molecule has 0 saturated carbocycles. The molecule has 3 nitrogen and oxygen atoms in total. The van der Waals surface area contributed by atoms with Crippen LogP contribution >= 0.6 is 28.3 Å². The summed E-state index contributed by atoms with van der Waals surface area (Å²) >= 11 is 2.97. The van der Waals surface area contributed by atoms with Crippen molar-refractivity contribution in [1.29, 1.82) is 0 Å². The molecule has 1 aliphatic heterocycles. The van der Waals surface area contributed by atoms with E-state index >= 15 is 0 Å². The van der Waals surface area contributed by atoms with E-state index in [9.17, 15) is 13.6 Å². The second-order valence-corrected chi connectivity index (χ2v) is 5.16. The second kappa shape index (κ2) is 7.71. The van der Waals surface area contributed by atoms with Crippen LogP contribution in [0.25, 0.3) is 0 Å². The molecule has 1 aliphatic rings. The lowest BCUT2D eigenvalue weighted by Gasteiger charge is -2.15. The Bertz CT molecular complexity index is 514. The molecule has 2 rings (SSSR count). The number of carbonyl (C=O) groups excluding carboxylic acids is 1. The van der Waals surface area contributed by atoms with Crippen LogP contribution in [-0.2, 0) is 0 Å². The summed E-state index contributed by atoms with van der Waals surface area (Å²) in [5.74, 6) is -2.48. The maximum absolute atomic E-state index is 13.6. The third kappa shape index (κ3) is 4.26. The highest BCUT2D eigenvalue weighted by Crippen LogP contribution is 2.19. The normalized spacial score (nSPS) is 14.2. The van der Waals surface area contributed by atoms with Crippen molar-refractivity contribution < 1.29 is 13.6 Å². The zero-order chi connectivity index (χ0) is 13.8. The molecule has 0 saturated heterocycles. The molecule has 110 valence electrons. The molecule has 20 heavy (non-hydrogen) atoms. The summed E-state index contributed by atoms with van der Waals surface area (Å²) in [5.41, 5.74) is 0.516. The van der Waals surface area contributed by atoms with Gasteiger partial charge in [-0.1, -0.05) is 27.6 Å². The zero-order valence-corrected chi connectivity index (χ0v) is 12.9. The van der Waals surface area contributed by atoms with Crippen LogP contribution in [0.4, 0.5) is 8.78 Å². The first kappa shape index (κ1) is 17.1. The van der Waals surface area contributed by atoms with E-state index in [0.717, 1.165) is 37.2 Å². The fourth-order valence-corrected chi connectivity index (χ4v) is 2.27. The van der Waals surface area contributed by atoms with Crippen molar-refractivity contribution >= 4 is 34.2 Å². The number of hydrogen-bond acceptors (Lipinski definition) is 2. The standard InChI is InChI=1S/C13H13BrF2N2O.ClH/c14-9-5-10(15)12(11(16)6-9)13(19)18-7-8-1-3-17-4-2-8;/h1,5-6,17H,2-4,7H2,(H,18,19);1H. The van der Waals surface area contributed by atoms with Gasteiger partial charge in [-0.2, -0.15) is 0 Å². The Morgan fingerprint density at radius 2 is 2.00 bits per heavy atom. The van der Waals surface area contributed by atoms with Crippen LogP contribution in [0.2, 0.25) is 0 Å². The Morgan fingerprint density at radius 3 is 2.55 bits per heavy atom. The molecule has 1 aromatic rings. The summed E-state index contributed by atoms with van der Waals surface area (Å²) in [6.45, 7) is 1.92. The summed E-state index contributed by atoms with van der Waals surface area (Å²) in [5, 5.41) is 5.68. The van der Waals surface area contributed by atoms with E-state index < -0.39 is 23.1 Å². The Balaban J connectivity index is 0.00000200. The van der Waals surface area contributed by atoms with Gasteiger partial charge in [0.15, 0.2) is 0 Å². The van der Waals surface area contributed by atoms with Gasteiger partial charge in [0.2, 0.25) is 0 Å². The minimum absolute atomic E-state index is 0. The van der Waals surface area contributed by atoms with Crippen molar-refractivity contribution in [2.45, 2.75) is 6.42 Å². The van der Waals surface area contributed by atoms with Gasteiger partial charge in [-0.15, -0.1) is 12.4 Å². The molecule has 0 aromatic heterocycles. The molecule has 1 heterocycles. The second-order valence-electron chi connectivity index (χ2n) is 4.24. The highest BCUT2D eigenvalue weighted by molar-refractivity contribution is 9.10. The molecule has 0 unspecified atom stereocenters. The van der Waals surface area contributed by atoms with Crippen molar-refractivity contribution in [1.82, 2.24) is 10.6 Å². The van der Waals surface area contributed by atoms with Crippen LogP contribution in [0.1, 0.15) is 16.8 Å². The van der Waals surface area contributed by atoms with E-state index in [1.807, 2.05) is 6.08 Å². The molecule has 0 atom stereocenters. The number of hydrogen-bond donors (Lipinski definition) is 2. The minimum atomic E-state index is -0.872. The third-order valence-corrected chi connectivity index (χ3v) is 3.33. The largest absolute Gasteiger partial charge is 0.348 e. The van der Waals surface area contributed by atoms with Gasteiger partial charge in [0.25, 0.3) is 5.91 Å². The Morgan fingerprint density at radius 1 is 1.35 bits per heavy atom. The van der Waals surface area contributed by atoms with E-state index in [0.29, 0.717) is 6.54 Å². The van der Waals surface area contributed by atoms with E-state index in [4.69, 9.17) is 0 Å². The van der Waals surface area contributed by atoms with Gasteiger partial charge in [0.05, 0.1) is 0 Å². The number of benzene rings is 1. The molecule has 0 fully saturated rings. The van der Waals surface area contributed by atoms with E-state index in [2.05, 4.69) is 26.6 Å². The highest BCUT2D eigenvalue weighted by atomic mass is 79.9. The van der Waals surface area contributed by atoms with Crippen molar-refractivity contribution in [2.24, 2.45) is 0 Å². The molecule has 0 aliphatic carbocycles. The molecule has 0 bridgehead atoms. The number of halogens is 4. The summed E-state index contributed by atoms with van der Waals surface area (Å²) in [6.07, 6.45) is 2.80. The predicted molar refractivity (Wildman–Crippen MR) is 79.2 cm³/mol. The maximum Gasteiger partial charge on any atom is 0.257 e. The Labute approximate surface area is 130 Å². The van der Waals surface area contributed by atoms with Crippen molar-refractivity contribution in [2.75, 3.05) is 19.6 Å². The molecule has 7 heteroatoms. The summed E-state index contributed by atoms with van der Waals surface area (Å²) < 4.78 is 27.4. The first-order valence-corrected chi connectivity index (χ1v) is 6.68. The summed E-state index contributed by atoms with van der Waals surface area (Å²) in [6, 6.07) is 2.14. The Hall–Kier alpha value is -0.980. The quantitative estimate of drug-likeness (QED) is 0.807. The summed E-state index contributed by atoms with van der Waals surface area (Å²) in [4.78, 5) is 11.8. The lowest BCUT2D eigenvalue weighted by molar-refractivity contribution is 0.0948. The predicted octanol–water partition coefficient (Wildman–Crippen LogP) is 2.80. The minimum Gasteiger partial charge on any atom is -0.348 e. The van der Waals surface area contributed by atoms with Crippen LogP contribution in [0.15, 0.2) is 28.3 Å². The molecule has 1 aromatic carbocycles. The van der Waals surface area contributed by atoms with E-state index in [-0.39, 0.29) is 16.9 Å². The lowest BCUT2D eigenvalue weighted by atomic mass is 10.1. The van der Waals surface area contributed by atoms with Gasteiger partial charge in [-0.25, -0.2) is 8.78 Å². The topological polar surface area (TPSA) is 41.1 Å². The van der Waals surface area contributed by atoms with Gasteiger partial charge in [-0.05, 0) is 25.1 Å².